The Morgan fingerprint density at radius 3 is 3.00 bits per heavy atom. The summed E-state index contributed by atoms with van der Waals surface area (Å²) in [5.41, 5.74) is 5.85. The lowest BCUT2D eigenvalue weighted by Gasteiger charge is -1.92. The maximum absolute atomic E-state index is 12.9. The first-order chi connectivity index (χ1) is 7.79. The van der Waals surface area contributed by atoms with Crippen LogP contribution >= 0.6 is 0 Å². The van der Waals surface area contributed by atoms with E-state index < -0.39 is 5.82 Å². The fourth-order valence-corrected chi connectivity index (χ4v) is 1.26. The number of aromatic nitrogens is 3. The molecule has 0 saturated carbocycles. The van der Waals surface area contributed by atoms with Crippen molar-refractivity contribution in [2.24, 2.45) is 5.73 Å². The van der Waals surface area contributed by atoms with Crippen molar-refractivity contribution in [2.45, 2.75) is 12.8 Å². The van der Waals surface area contributed by atoms with Crippen molar-refractivity contribution in [3.05, 3.63) is 30.1 Å². The first-order valence-electron chi connectivity index (χ1n) is 4.93. The quantitative estimate of drug-likeness (QED) is 0.839. The van der Waals surface area contributed by atoms with Crippen LogP contribution in [0.4, 0.5) is 4.39 Å². The van der Waals surface area contributed by atoms with Crippen molar-refractivity contribution in [1.82, 2.24) is 15.1 Å². The maximum Gasteiger partial charge on any atom is 0.259 e. The Morgan fingerprint density at radius 2 is 2.25 bits per heavy atom. The van der Waals surface area contributed by atoms with Gasteiger partial charge in [0.25, 0.3) is 5.89 Å². The number of pyridine rings is 1. The highest BCUT2D eigenvalue weighted by molar-refractivity contribution is 5.50. The number of hydrogen-bond acceptors (Lipinski definition) is 5. The molecule has 0 aliphatic carbocycles. The summed E-state index contributed by atoms with van der Waals surface area (Å²) in [5.74, 6) is 0.419. The van der Waals surface area contributed by atoms with Gasteiger partial charge >= 0.3 is 0 Å². The molecule has 2 rings (SSSR count). The smallest absolute Gasteiger partial charge is 0.259 e. The SMILES string of the molecule is NCCCc1noc(-c2cncc(F)c2)n1. The fraction of sp³-hybridized carbons (Fsp3) is 0.300. The lowest BCUT2D eigenvalue weighted by Crippen LogP contribution is -2.01. The number of halogens is 1. The van der Waals surface area contributed by atoms with Gasteiger partial charge in [-0.1, -0.05) is 5.16 Å². The maximum atomic E-state index is 12.9. The van der Waals surface area contributed by atoms with E-state index in [0.717, 1.165) is 12.6 Å². The van der Waals surface area contributed by atoms with Crippen LogP contribution in [0.1, 0.15) is 12.2 Å². The molecule has 0 atom stereocenters. The lowest BCUT2D eigenvalue weighted by atomic mass is 10.3. The molecular weight excluding hydrogens is 211 g/mol. The van der Waals surface area contributed by atoms with Crippen LogP contribution in [0.5, 0.6) is 0 Å². The Labute approximate surface area is 91.5 Å². The summed E-state index contributed by atoms with van der Waals surface area (Å²) in [6.07, 6.45) is 4.04. The zero-order chi connectivity index (χ0) is 11.4. The minimum Gasteiger partial charge on any atom is -0.334 e. The summed E-state index contributed by atoms with van der Waals surface area (Å²) in [4.78, 5) is 7.83. The van der Waals surface area contributed by atoms with Crippen molar-refractivity contribution < 1.29 is 8.91 Å². The Bertz CT molecular complexity index is 471. The third-order valence-corrected chi connectivity index (χ3v) is 2.02. The summed E-state index contributed by atoms with van der Waals surface area (Å²) < 4.78 is 17.9. The molecule has 0 radical (unpaired) electrons. The van der Waals surface area contributed by atoms with E-state index in [-0.39, 0.29) is 5.89 Å². The molecule has 0 unspecified atom stereocenters. The standard InChI is InChI=1S/C10H11FN4O/c11-8-4-7(5-13-6-8)10-14-9(15-16-10)2-1-3-12/h4-6H,1-3,12H2. The number of rotatable bonds is 4. The van der Waals surface area contributed by atoms with Gasteiger partial charge in [-0.05, 0) is 19.0 Å². The van der Waals surface area contributed by atoms with Crippen LogP contribution in [0.3, 0.4) is 0 Å². The second-order valence-electron chi connectivity index (χ2n) is 3.30. The Balaban J connectivity index is 2.18. The molecule has 2 heterocycles. The molecule has 2 aromatic heterocycles. The van der Waals surface area contributed by atoms with Crippen LogP contribution in [-0.4, -0.2) is 21.7 Å². The van der Waals surface area contributed by atoms with Gasteiger partial charge in [-0.3, -0.25) is 4.98 Å². The lowest BCUT2D eigenvalue weighted by molar-refractivity contribution is 0.421. The predicted molar refractivity (Wildman–Crippen MR) is 54.9 cm³/mol. The van der Waals surface area contributed by atoms with Crippen LogP contribution in [0, 0.1) is 5.82 Å². The summed E-state index contributed by atoms with van der Waals surface area (Å²) in [6.45, 7) is 0.575. The fourth-order valence-electron chi connectivity index (χ4n) is 1.26. The number of nitrogens with zero attached hydrogens (tertiary/aromatic N) is 3. The summed E-state index contributed by atoms with van der Waals surface area (Å²) >= 11 is 0. The molecule has 2 N–H and O–H groups in total. The van der Waals surface area contributed by atoms with E-state index in [0.29, 0.717) is 24.4 Å². The van der Waals surface area contributed by atoms with Gasteiger partial charge in [0.05, 0.1) is 11.8 Å². The van der Waals surface area contributed by atoms with Gasteiger partial charge in [0, 0.05) is 12.6 Å². The number of aryl methyl sites for hydroxylation is 1. The number of nitrogens with two attached hydrogens (primary N) is 1. The van der Waals surface area contributed by atoms with E-state index in [2.05, 4.69) is 15.1 Å². The third-order valence-electron chi connectivity index (χ3n) is 2.02. The van der Waals surface area contributed by atoms with E-state index >= 15 is 0 Å². The van der Waals surface area contributed by atoms with E-state index in [9.17, 15) is 4.39 Å². The van der Waals surface area contributed by atoms with Crippen LogP contribution in [0.15, 0.2) is 23.0 Å². The molecule has 0 aliphatic rings. The molecule has 16 heavy (non-hydrogen) atoms. The van der Waals surface area contributed by atoms with Gasteiger partial charge in [-0.2, -0.15) is 4.98 Å². The summed E-state index contributed by atoms with van der Waals surface area (Å²) in [7, 11) is 0. The monoisotopic (exact) mass is 222 g/mol. The Hall–Kier alpha value is -1.82. The molecule has 0 fully saturated rings. The molecule has 0 saturated heterocycles. The van der Waals surface area contributed by atoms with E-state index in [1.165, 1.54) is 12.3 Å². The average Bonchev–Trinajstić information content (AvgIpc) is 2.75. The first-order valence-corrected chi connectivity index (χ1v) is 4.93. The second-order valence-corrected chi connectivity index (χ2v) is 3.30. The molecular formula is C10H11FN4O. The molecule has 2 aromatic rings. The van der Waals surface area contributed by atoms with Gasteiger partial charge in [0.15, 0.2) is 5.82 Å². The second kappa shape index (κ2) is 4.80. The molecule has 0 aliphatic heterocycles. The highest BCUT2D eigenvalue weighted by Gasteiger charge is 2.09. The average molecular weight is 222 g/mol. The van der Waals surface area contributed by atoms with E-state index in [1.54, 1.807) is 0 Å². The van der Waals surface area contributed by atoms with Crippen molar-refractivity contribution in [3.8, 4) is 11.5 Å². The van der Waals surface area contributed by atoms with Gasteiger partial charge in [0.1, 0.15) is 5.82 Å². The summed E-state index contributed by atoms with van der Waals surface area (Å²) in [5, 5.41) is 3.77. The van der Waals surface area contributed by atoms with Crippen molar-refractivity contribution in [2.75, 3.05) is 6.54 Å². The van der Waals surface area contributed by atoms with Crippen LogP contribution in [0.2, 0.25) is 0 Å². The zero-order valence-electron chi connectivity index (χ0n) is 8.56. The number of hydrogen-bond donors (Lipinski definition) is 1. The molecule has 6 heteroatoms. The topological polar surface area (TPSA) is 77.8 Å². The van der Waals surface area contributed by atoms with Gasteiger partial charge in [-0.25, -0.2) is 4.39 Å². The molecule has 0 bridgehead atoms. The highest BCUT2D eigenvalue weighted by atomic mass is 19.1. The molecule has 0 spiro atoms. The van der Waals surface area contributed by atoms with E-state index in [4.69, 9.17) is 10.3 Å². The molecule has 84 valence electrons. The highest BCUT2D eigenvalue weighted by Crippen LogP contribution is 2.16. The van der Waals surface area contributed by atoms with E-state index in [1.807, 2.05) is 0 Å². The largest absolute Gasteiger partial charge is 0.334 e. The normalized spacial score (nSPS) is 10.6. The van der Waals surface area contributed by atoms with Crippen LogP contribution in [0.25, 0.3) is 11.5 Å². The van der Waals surface area contributed by atoms with Gasteiger partial charge < -0.3 is 10.3 Å². The molecule has 5 nitrogen and oxygen atoms in total. The minimum absolute atomic E-state index is 0.277. The van der Waals surface area contributed by atoms with Crippen molar-refractivity contribution in [1.29, 1.82) is 0 Å². The zero-order valence-corrected chi connectivity index (χ0v) is 8.56. The Kier molecular flexibility index (Phi) is 3.21. The summed E-state index contributed by atoms with van der Waals surface area (Å²) in [6, 6.07) is 1.30. The predicted octanol–water partition coefficient (Wildman–Crippen LogP) is 1.16. The molecule has 0 amide bonds. The third kappa shape index (κ3) is 2.40. The van der Waals surface area contributed by atoms with Crippen LogP contribution in [-0.2, 0) is 6.42 Å². The van der Waals surface area contributed by atoms with Gasteiger partial charge in [-0.15, -0.1) is 0 Å². The van der Waals surface area contributed by atoms with Crippen molar-refractivity contribution >= 4 is 0 Å². The minimum atomic E-state index is -0.431. The van der Waals surface area contributed by atoms with Crippen LogP contribution < -0.4 is 5.73 Å². The Morgan fingerprint density at radius 1 is 1.38 bits per heavy atom. The van der Waals surface area contributed by atoms with Gasteiger partial charge in [0.2, 0.25) is 0 Å². The molecule has 0 aromatic carbocycles. The first kappa shape index (κ1) is 10.7. The van der Waals surface area contributed by atoms with Crippen molar-refractivity contribution in [3.63, 3.8) is 0 Å².